The predicted octanol–water partition coefficient (Wildman–Crippen LogP) is 2.48. The van der Waals surface area contributed by atoms with E-state index < -0.39 is 0 Å². The van der Waals surface area contributed by atoms with Crippen LogP contribution in [0.1, 0.15) is 40.5 Å². The molecular formula is C18H25ClN4O2. The van der Waals surface area contributed by atoms with Crippen LogP contribution < -0.4 is 15.4 Å². The van der Waals surface area contributed by atoms with Gasteiger partial charge in [0.2, 0.25) is 0 Å². The number of methoxy groups -OCH3 is 1. The van der Waals surface area contributed by atoms with Gasteiger partial charge in [0, 0.05) is 19.3 Å². The third-order valence-corrected chi connectivity index (χ3v) is 4.29. The van der Waals surface area contributed by atoms with Crippen LogP contribution in [0.4, 0.5) is 0 Å². The zero-order valence-electron chi connectivity index (χ0n) is 14.6. The number of benzene rings is 1. The quantitative estimate of drug-likeness (QED) is 0.855. The van der Waals surface area contributed by atoms with Crippen molar-refractivity contribution in [3.63, 3.8) is 0 Å². The number of nitrogens with one attached hydrogen (secondary N) is 2. The molecule has 136 valence electrons. The van der Waals surface area contributed by atoms with E-state index in [1.165, 1.54) is 0 Å². The molecule has 2 aromatic rings. The molecule has 0 spiro atoms. The average Bonchev–Trinajstić information content (AvgIpc) is 3.10. The zero-order chi connectivity index (χ0) is 16.9. The van der Waals surface area contributed by atoms with Crippen molar-refractivity contribution < 1.29 is 9.53 Å². The van der Waals surface area contributed by atoms with Crippen molar-refractivity contribution in [2.45, 2.75) is 32.4 Å². The smallest absolute Gasteiger partial charge is 0.272 e. The Labute approximate surface area is 154 Å². The number of hydrogen-bond donors (Lipinski definition) is 2. The van der Waals surface area contributed by atoms with Gasteiger partial charge in [-0.1, -0.05) is 6.07 Å². The molecule has 1 saturated heterocycles. The van der Waals surface area contributed by atoms with Crippen LogP contribution in [0.15, 0.2) is 30.5 Å². The Balaban J connectivity index is 0.00000225. The van der Waals surface area contributed by atoms with Crippen molar-refractivity contribution in [1.29, 1.82) is 0 Å². The van der Waals surface area contributed by atoms with Gasteiger partial charge < -0.3 is 15.4 Å². The number of piperidine rings is 1. The van der Waals surface area contributed by atoms with Gasteiger partial charge in [-0.25, -0.2) is 0 Å². The minimum atomic E-state index is -0.155. The summed E-state index contributed by atoms with van der Waals surface area (Å²) in [5.41, 5.74) is 2.57. The molecule has 3 rings (SSSR count). The topological polar surface area (TPSA) is 68.2 Å². The summed E-state index contributed by atoms with van der Waals surface area (Å²) in [5.74, 6) is 0.645. The second kappa shape index (κ2) is 8.87. The first-order valence-corrected chi connectivity index (χ1v) is 8.34. The Bertz CT molecular complexity index is 711. The Morgan fingerprint density at radius 3 is 3.00 bits per heavy atom. The first kappa shape index (κ1) is 19.3. The Morgan fingerprint density at radius 2 is 2.28 bits per heavy atom. The third-order valence-electron chi connectivity index (χ3n) is 4.29. The number of carbonyl (C=O) groups excluding carboxylic acids is 1. The monoisotopic (exact) mass is 364 g/mol. The van der Waals surface area contributed by atoms with E-state index in [1.807, 2.05) is 36.0 Å². The van der Waals surface area contributed by atoms with Crippen molar-refractivity contribution in [3.05, 3.63) is 47.3 Å². The molecule has 2 heterocycles. The second-order valence-corrected chi connectivity index (χ2v) is 6.22. The molecule has 0 saturated carbocycles. The number of aromatic nitrogens is 2. The molecule has 1 aliphatic heterocycles. The van der Waals surface area contributed by atoms with Crippen LogP contribution >= 0.6 is 12.4 Å². The average molecular weight is 365 g/mol. The van der Waals surface area contributed by atoms with E-state index in [2.05, 4.69) is 15.7 Å². The second-order valence-electron chi connectivity index (χ2n) is 6.22. The normalized spacial score (nSPS) is 16.8. The van der Waals surface area contributed by atoms with Crippen molar-refractivity contribution >= 4 is 18.3 Å². The Morgan fingerprint density at radius 1 is 1.44 bits per heavy atom. The van der Waals surface area contributed by atoms with Crippen molar-refractivity contribution in [2.75, 3.05) is 20.2 Å². The number of aryl methyl sites for hydroxylation is 1. The zero-order valence-corrected chi connectivity index (χ0v) is 15.4. The highest BCUT2D eigenvalue weighted by Gasteiger charge is 2.17. The number of carbonyl (C=O) groups is 1. The first-order valence-electron chi connectivity index (χ1n) is 8.34. The van der Waals surface area contributed by atoms with E-state index in [4.69, 9.17) is 4.74 Å². The lowest BCUT2D eigenvalue weighted by atomic mass is 10.1. The van der Waals surface area contributed by atoms with Crippen LogP contribution in [0, 0.1) is 6.92 Å². The third kappa shape index (κ3) is 4.96. The van der Waals surface area contributed by atoms with Gasteiger partial charge in [-0.05, 0) is 55.6 Å². The number of hydrogen-bond acceptors (Lipinski definition) is 4. The molecular weight excluding hydrogens is 340 g/mol. The minimum Gasteiger partial charge on any atom is -0.497 e. The van der Waals surface area contributed by atoms with Gasteiger partial charge in [0.15, 0.2) is 0 Å². The van der Waals surface area contributed by atoms with Crippen LogP contribution in [-0.4, -0.2) is 35.9 Å². The van der Waals surface area contributed by atoms with E-state index >= 15 is 0 Å². The minimum absolute atomic E-state index is 0. The van der Waals surface area contributed by atoms with Crippen LogP contribution in [0.5, 0.6) is 5.75 Å². The summed E-state index contributed by atoms with van der Waals surface area (Å²) < 4.78 is 7.16. The fraction of sp³-hybridized carbons (Fsp3) is 0.444. The fourth-order valence-corrected chi connectivity index (χ4v) is 3.04. The summed E-state index contributed by atoms with van der Waals surface area (Å²) in [5, 5.41) is 10.7. The summed E-state index contributed by atoms with van der Waals surface area (Å²) in [6, 6.07) is 8.04. The van der Waals surface area contributed by atoms with Crippen LogP contribution in [0.2, 0.25) is 0 Å². The number of halogens is 1. The molecule has 7 heteroatoms. The molecule has 1 amide bonds. The SMILES string of the molecule is COc1cc(C)cc(CNC(=O)c2ccn(C3CCCNC3)n2)c1.Cl. The van der Waals surface area contributed by atoms with Gasteiger partial charge in [0.25, 0.3) is 5.91 Å². The maximum atomic E-state index is 12.3. The summed E-state index contributed by atoms with van der Waals surface area (Å²) in [7, 11) is 1.64. The van der Waals surface area contributed by atoms with E-state index in [9.17, 15) is 4.79 Å². The molecule has 1 aliphatic rings. The molecule has 0 aliphatic carbocycles. The summed E-state index contributed by atoms with van der Waals surface area (Å²) in [6.45, 7) is 4.43. The molecule has 1 unspecified atom stereocenters. The van der Waals surface area contributed by atoms with E-state index in [0.29, 0.717) is 18.3 Å². The molecule has 0 bridgehead atoms. The van der Waals surface area contributed by atoms with Crippen molar-refractivity contribution in [2.24, 2.45) is 0 Å². The highest BCUT2D eigenvalue weighted by Crippen LogP contribution is 2.17. The first-order chi connectivity index (χ1) is 11.7. The van der Waals surface area contributed by atoms with Gasteiger partial charge >= 0.3 is 0 Å². The molecule has 25 heavy (non-hydrogen) atoms. The van der Waals surface area contributed by atoms with Gasteiger partial charge in [0.1, 0.15) is 11.4 Å². The number of rotatable bonds is 5. The van der Waals surface area contributed by atoms with Crippen molar-refractivity contribution in [3.8, 4) is 5.75 Å². The summed E-state index contributed by atoms with van der Waals surface area (Å²) in [4.78, 5) is 12.3. The predicted molar refractivity (Wildman–Crippen MR) is 99.5 cm³/mol. The molecule has 1 aromatic heterocycles. The summed E-state index contributed by atoms with van der Waals surface area (Å²) >= 11 is 0. The van der Waals surface area contributed by atoms with Gasteiger partial charge in [-0.3, -0.25) is 9.48 Å². The maximum absolute atomic E-state index is 12.3. The standard InChI is InChI=1S/C18H24N4O2.ClH/c1-13-8-14(10-16(9-13)24-2)11-20-18(23)17-5-7-22(21-17)15-4-3-6-19-12-15;/h5,7-10,15,19H,3-4,6,11-12H2,1-2H3,(H,20,23);1H. The van der Waals surface area contributed by atoms with E-state index in [1.54, 1.807) is 13.2 Å². The van der Waals surface area contributed by atoms with Crippen LogP contribution in [-0.2, 0) is 6.54 Å². The molecule has 1 fully saturated rings. The van der Waals surface area contributed by atoms with Gasteiger partial charge in [-0.2, -0.15) is 5.10 Å². The lowest BCUT2D eigenvalue weighted by Gasteiger charge is -2.22. The van der Waals surface area contributed by atoms with Gasteiger partial charge in [0.05, 0.1) is 13.2 Å². The van der Waals surface area contributed by atoms with Crippen LogP contribution in [0.25, 0.3) is 0 Å². The molecule has 1 aromatic carbocycles. The number of amides is 1. The largest absolute Gasteiger partial charge is 0.497 e. The summed E-state index contributed by atoms with van der Waals surface area (Å²) in [6.07, 6.45) is 4.13. The highest BCUT2D eigenvalue weighted by atomic mass is 35.5. The fourth-order valence-electron chi connectivity index (χ4n) is 3.04. The number of nitrogens with zero attached hydrogens (tertiary/aromatic N) is 2. The van der Waals surface area contributed by atoms with Crippen molar-refractivity contribution in [1.82, 2.24) is 20.4 Å². The van der Waals surface area contributed by atoms with E-state index in [0.717, 1.165) is 42.8 Å². The molecule has 2 N–H and O–H groups in total. The highest BCUT2D eigenvalue weighted by molar-refractivity contribution is 5.92. The number of ether oxygens (including phenoxy) is 1. The molecule has 1 atom stereocenters. The Hall–Kier alpha value is -2.05. The lowest BCUT2D eigenvalue weighted by Crippen LogP contribution is -2.32. The molecule has 0 radical (unpaired) electrons. The maximum Gasteiger partial charge on any atom is 0.272 e. The van der Waals surface area contributed by atoms with Crippen LogP contribution in [0.3, 0.4) is 0 Å². The Kier molecular flexibility index (Phi) is 6.84. The van der Waals surface area contributed by atoms with E-state index in [-0.39, 0.29) is 18.3 Å². The lowest BCUT2D eigenvalue weighted by molar-refractivity contribution is 0.0944. The molecule has 6 nitrogen and oxygen atoms in total. The van der Waals surface area contributed by atoms with Gasteiger partial charge in [-0.15, -0.1) is 12.4 Å².